The molecule has 1 fully saturated rings. The van der Waals surface area contributed by atoms with E-state index in [-0.39, 0.29) is 0 Å². The van der Waals surface area contributed by atoms with Crippen LogP contribution < -0.4 is 5.32 Å². The second kappa shape index (κ2) is 9.76. The van der Waals surface area contributed by atoms with Crippen LogP contribution >= 0.6 is 0 Å². The van der Waals surface area contributed by atoms with Gasteiger partial charge in [0.05, 0.1) is 6.61 Å². The molecule has 18 heavy (non-hydrogen) atoms. The van der Waals surface area contributed by atoms with E-state index in [2.05, 4.69) is 24.1 Å². The molecule has 0 aromatic heterocycles. The molecule has 1 rings (SSSR count). The van der Waals surface area contributed by atoms with Crippen LogP contribution in [0.15, 0.2) is 0 Å². The summed E-state index contributed by atoms with van der Waals surface area (Å²) in [6.45, 7) is 10.1. The third kappa shape index (κ3) is 8.06. The van der Waals surface area contributed by atoms with Crippen molar-refractivity contribution >= 4 is 0 Å². The van der Waals surface area contributed by atoms with E-state index in [9.17, 15) is 0 Å². The summed E-state index contributed by atoms with van der Waals surface area (Å²) in [6.07, 6.45) is 6.81. The molecular formula is C15H32N2O. The Labute approximate surface area is 113 Å². The third-order valence-corrected chi connectivity index (χ3v) is 3.50. The smallest absolute Gasteiger partial charge is 0.0589 e. The lowest BCUT2D eigenvalue weighted by atomic mass is 10.2. The first kappa shape index (κ1) is 15.9. The Balaban J connectivity index is 1.91. The summed E-state index contributed by atoms with van der Waals surface area (Å²) in [6, 6.07) is 0.874. The summed E-state index contributed by atoms with van der Waals surface area (Å²) in [7, 11) is 1.80. The Hall–Kier alpha value is -0.120. The fraction of sp³-hybridized carbons (Fsp3) is 1.00. The van der Waals surface area contributed by atoms with Gasteiger partial charge in [-0.05, 0) is 51.2 Å². The van der Waals surface area contributed by atoms with E-state index in [0.717, 1.165) is 31.7 Å². The van der Waals surface area contributed by atoms with E-state index in [1.54, 1.807) is 7.11 Å². The van der Waals surface area contributed by atoms with Crippen LogP contribution in [0.4, 0.5) is 0 Å². The van der Waals surface area contributed by atoms with Crippen LogP contribution in [0.3, 0.4) is 0 Å². The zero-order chi connectivity index (χ0) is 13.2. The second-order valence-electron chi connectivity index (χ2n) is 5.92. The highest BCUT2D eigenvalue weighted by Gasteiger charge is 2.27. The third-order valence-electron chi connectivity index (χ3n) is 3.50. The number of rotatable bonds is 12. The van der Waals surface area contributed by atoms with Crippen LogP contribution in [0.2, 0.25) is 0 Å². The number of unbranched alkanes of at least 4 members (excludes halogenated alkanes) is 2. The second-order valence-corrected chi connectivity index (χ2v) is 5.92. The predicted molar refractivity (Wildman–Crippen MR) is 78.0 cm³/mol. The molecule has 0 aromatic rings. The number of hydrogen-bond acceptors (Lipinski definition) is 3. The average Bonchev–Trinajstić information content (AvgIpc) is 3.15. The van der Waals surface area contributed by atoms with E-state index in [4.69, 9.17) is 4.74 Å². The van der Waals surface area contributed by atoms with Gasteiger partial charge in [0.15, 0.2) is 0 Å². The standard InChI is InChI=1S/C15H32N2O/c1-14(2)13-16-9-5-4-6-10-17(11-12-18-3)15-7-8-15/h14-16H,4-13H2,1-3H3. The van der Waals surface area contributed by atoms with Gasteiger partial charge in [0.25, 0.3) is 0 Å². The molecule has 0 radical (unpaired) electrons. The van der Waals surface area contributed by atoms with Crippen molar-refractivity contribution in [3.8, 4) is 0 Å². The summed E-state index contributed by atoms with van der Waals surface area (Å²) < 4.78 is 5.18. The van der Waals surface area contributed by atoms with Crippen LogP contribution in [-0.4, -0.2) is 50.8 Å². The monoisotopic (exact) mass is 256 g/mol. The maximum absolute atomic E-state index is 5.18. The van der Waals surface area contributed by atoms with Gasteiger partial charge in [0.1, 0.15) is 0 Å². The van der Waals surface area contributed by atoms with E-state index < -0.39 is 0 Å². The molecule has 3 nitrogen and oxygen atoms in total. The Morgan fingerprint density at radius 3 is 2.56 bits per heavy atom. The van der Waals surface area contributed by atoms with Crippen LogP contribution in [-0.2, 0) is 4.74 Å². The summed E-state index contributed by atoms with van der Waals surface area (Å²) in [5, 5.41) is 3.51. The number of nitrogens with one attached hydrogen (secondary N) is 1. The average molecular weight is 256 g/mol. The van der Waals surface area contributed by atoms with Gasteiger partial charge in [-0.15, -0.1) is 0 Å². The largest absolute Gasteiger partial charge is 0.383 e. The summed E-state index contributed by atoms with van der Waals surface area (Å²) in [5.74, 6) is 0.768. The lowest BCUT2D eigenvalue weighted by Gasteiger charge is -2.21. The molecule has 0 amide bonds. The van der Waals surface area contributed by atoms with Gasteiger partial charge in [-0.3, -0.25) is 4.90 Å². The van der Waals surface area contributed by atoms with E-state index in [1.807, 2.05) is 0 Å². The van der Waals surface area contributed by atoms with Crippen LogP contribution in [0.25, 0.3) is 0 Å². The first-order valence-electron chi connectivity index (χ1n) is 7.67. The van der Waals surface area contributed by atoms with Crippen molar-refractivity contribution < 1.29 is 4.74 Å². The molecule has 1 aliphatic carbocycles. The minimum Gasteiger partial charge on any atom is -0.383 e. The maximum Gasteiger partial charge on any atom is 0.0589 e. The Bertz CT molecular complexity index is 193. The highest BCUT2D eigenvalue weighted by molar-refractivity contribution is 4.84. The summed E-state index contributed by atoms with van der Waals surface area (Å²) >= 11 is 0. The Morgan fingerprint density at radius 1 is 1.17 bits per heavy atom. The van der Waals surface area contributed by atoms with E-state index >= 15 is 0 Å². The number of hydrogen-bond donors (Lipinski definition) is 1. The molecule has 0 aromatic carbocycles. The van der Waals surface area contributed by atoms with Crippen molar-refractivity contribution in [1.29, 1.82) is 0 Å². The van der Waals surface area contributed by atoms with Crippen molar-refractivity contribution in [1.82, 2.24) is 10.2 Å². The molecule has 3 heteroatoms. The van der Waals surface area contributed by atoms with Crippen molar-refractivity contribution in [2.24, 2.45) is 5.92 Å². The van der Waals surface area contributed by atoms with Crippen molar-refractivity contribution in [3.05, 3.63) is 0 Å². The van der Waals surface area contributed by atoms with Crippen LogP contribution in [0, 0.1) is 5.92 Å². The first-order chi connectivity index (χ1) is 8.74. The predicted octanol–water partition coefficient (Wildman–Crippen LogP) is 2.51. The van der Waals surface area contributed by atoms with Gasteiger partial charge < -0.3 is 10.1 Å². The summed E-state index contributed by atoms with van der Waals surface area (Å²) in [5.41, 5.74) is 0. The van der Waals surface area contributed by atoms with Gasteiger partial charge in [-0.25, -0.2) is 0 Å². The quantitative estimate of drug-likeness (QED) is 0.543. The van der Waals surface area contributed by atoms with Crippen molar-refractivity contribution in [2.75, 3.05) is 39.9 Å². The fourth-order valence-electron chi connectivity index (χ4n) is 2.26. The molecular weight excluding hydrogens is 224 g/mol. The molecule has 0 heterocycles. The maximum atomic E-state index is 5.18. The number of methoxy groups -OCH3 is 1. The minimum absolute atomic E-state index is 0.768. The molecule has 108 valence electrons. The van der Waals surface area contributed by atoms with Gasteiger partial charge in [-0.2, -0.15) is 0 Å². The van der Waals surface area contributed by atoms with E-state index in [0.29, 0.717) is 0 Å². The van der Waals surface area contributed by atoms with Gasteiger partial charge in [0, 0.05) is 19.7 Å². The molecule has 0 aliphatic heterocycles. The number of nitrogens with zero attached hydrogens (tertiary/aromatic N) is 1. The molecule has 0 atom stereocenters. The first-order valence-corrected chi connectivity index (χ1v) is 7.67. The highest BCUT2D eigenvalue weighted by atomic mass is 16.5. The molecule has 0 bridgehead atoms. The normalized spacial score (nSPS) is 15.8. The topological polar surface area (TPSA) is 24.5 Å². The zero-order valence-electron chi connectivity index (χ0n) is 12.6. The Kier molecular flexibility index (Phi) is 8.64. The Morgan fingerprint density at radius 2 is 1.94 bits per heavy atom. The fourth-order valence-corrected chi connectivity index (χ4v) is 2.26. The molecule has 0 spiro atoms. The molecule has 1 saturated carbocycles. The molecule has 1 N–H and O–H groups in total. The molecule has 0 unspecified atom stereocenters. The van der Waals surface area contributed by atoms with Crippen molar-refractivity contribution in [3.63, 3.8) is 0 Å². The van der Waals surface area contributed by atoms with Gasteiger partial charge >= 0.3 is 0 Å². The lowest BCUT2D eigenvalue weighted by Crippen LogP contribution is -2.30. The van der Waals surface area contributed by atoms with E-state index in [1.165, 1.54) is 45.2 Å². The zero-order valence-corrected chi connectivity index (χ0v) is 12.6. The summed E-state index contributed by atoms with van der Waals surface area (Å²) in [4.78, 5) is 2.62. The molecule has 1 aliphatic rings. The lowest BCUT2D eigenvalue weighted by molar-refractivity contribution is 0.142. The minimum atomic E-state index is 0.768. The van der Waals surface area contributed by atoms with Gasteiger partial charge in [0.2, 0.25) is 0 Å². The molecule has 0 saturated heterocycles. The van der Waals surface area contributed by atoms with Crippen molar-refractivity contribution in [2.45, 2.75) is 52.0 Å². The van der Waals surface area contributed by atoms with Gasteiger partial charge in [-0.1, -0.05) is 20.3 Å². The van der Waals surface area contributed by atoms with Crippen LogP contribution in [0.5, 0.6) is 0 Å². The number of ether oxygens (including phenoxy) is 1. The SMILES string of the molecule is COCCN(CCCCCNCC(C)C)C1CC1. The van der Waals surface area contributed by atoms with Crippen LogP contribution in [0.1, 0.15) is 46.0 Å². The highest BCUT2D eigenvalue weighted by Crippen LogP contribution is 2.26.